The van der Waals surface area contributed by atoms with E-state index >= 15 is 0 Å². The van der Waals surface area contributed by atoms with Crippen LogP contribution in [-0.4, -0.2) is 53.7 Å². The van der Waals surface area contributed by atoms with Gasteiger partial charge >= 0.3 is 17.9 Å². The number of rotatable bonds is 6. The first-order chi connectivity index (χ1) is 14.5. The minimum atomic E-state index is -0.900. The molecule has 170 valence electrons. The number of hydrogen-bond donors (Lipinski definition) is 0. The van der Waals surface area contributed by atoms with E-state index in [9.17, 15) is 14.4 Å². The van der Waals surface area contributed by atoms with Gasteiger partial charge in [-0.15, -0.1) is 28.9 Å². The zero-order valence-corrected chi connectivity index (χ0v) is 18.2. The van der Waals surface area contributed by atoms with E-state index in [0.29, 0.717) is 5.56 Å². The van der Waals surface area contributed by atoms with Crippen LogP contribution in [0.2, 0.25) is 0 Å². The average molecular weight is 467 g/mol. The minimum absolute atomic E-state index is 0. The summed E-state index contributed by atoms with van der Waals surface area (Å²) in [5, 5.41) is 7.37. The van der Waals surface area contributed by atoms with Crippen molar-refractivity contribution in [2.24, 2.45) is 0 Å². The Bertz CT molecular complexity index is 973. The van der Waals surface area contributed by atoms with Crippen LogP contribution in [0.3, 0.4) is 0 Å². The summed E-state index contributed by atoms with van der Waals surface area (Å²) in [6.07, 6.45) is 1.46. The van der Waals surface area contributed by atoms with Gasteiger partial charge in [0.05, 0.1) is 26.5 Å². The summed E-state index contributed by atoms with van der Waals surface area (Å²) in [7, 11) is 2.26. The van der Waals surface area contributed by atoms with Gasteiger partial charge in [0.2, 0.25) is 5.69 Å². The van der Waals surface area contributed by atoms with Crippen molar-refractivity contribution in [2.45, 2.75) is 6.92 Å². The summed E-state index contributed by atoms with van der Waals surface area (Å²) in [4.78, 5) is 36.3. The van der Waals surface area contributed by atoms with Crippen molar-refractivity contribution in [2.75, 3.05) is 20.8 Å². The topological polar surface area (TPSA) is 110 Å². The van der Waals surface area contributed by atoms with Crippen molar-refractivity contribution in [1.82, 2.24) is 15.0 Å². The number of nitrogens with zero attached hydrogens (tertiary/aromatic N) is 3. The second-order valence-corrected chi connectivity index (χ2v) is 5.61. The molecule has 31 heavy (non-hydrogen) atoms. The minimum Gasteiger partial charge on any atom is -0.748 e. The van der Waals surface area contributed by atoms with E-state index < -0.39 is 17.9 Å². The number of carbonyl (C=O) groups excluding carboxylic acids is 3. The maximum absolute atomic E-state index is 12.3. The third-order valence-electron chi connectivity index (χ3n) is 3.69. The molecule has 1 heterocycles. The molecule has 0 atom stereocenters. The molecule has 0 saturated carbocycles. The predicted molar refractivity (Wildman–Crippen MR) is 108 cm³/mol. The fraction of sp³-hybridized carbons (Fsp3) is 0.190. The number of carbonyl (C=O) groups is 3. The smallest absolute Gasteiger partial charge is 0.361 e. The van der Waals surface area contributed by atoms with Crippen LogP contribution in [-0.2, 0) is 36.1 Å². The van der Waals surface area contributed by atoms with Gasteiger partial charge in [-0.25, -0.2) is 14.3 Å². The molecule has 10 heteroatoms. The van der Waals surface area contributed by atoms with Crippen molar-refractivity contribution in [3.63, 3.8) is 0 Å². The first kappa shape index (κ1) is 25.5. The van der Waals surface area contributed by atoms with Gasteiger partial charge in [0.15, 0.2) is 5.69 Å². The van der Waals surface area contributed by atoms with Crippen LogP contribution >= 0.6 is 0 Å². The Labute approximate surface area is 189 Å². The van der Waals surface area contributed by atoms with Crippen molar-refractivity contribution in [3.8, 4) is 0 Å². The van der Waals surface area contributed by atoms with Gasteiger partial charge in [-0.1, -0.05) is 5.21 Å². The van der Waals surface area contributed by atoms with Crippen LogP contribution in [0.25, 0.3) is 11.8 Å². The average Bonchev–Trinajstić information content (AvgIpc) is 3.53. The number of esters is 3. The molecule has 0 N–H and O–H groups in total. The Hall–Kier alpha value is -3.49. The summed E-state index contributed by atoms with van der Waals surface area (Å²) in [6, 6.07) is 17.0. The Morgan fingerprint density at radius 2 is 1.58 bits per heavy atom. The number of methoxy groups -OCH3 is 2. The van der Waals surface area contributed by atoms with Gasteiger partial charge in [-0.05, 0) is 6.92 Å². The van der Waals surface area contributed by atoms with Crippen LogP contribution in [0.1, 0.15) is 33.5 Å². The summed E-state index contributed by atoms with van der Waals surface area (Å²) in [6.45, 7) is 1.75. The fourth-order valence-corrected chi connectivity index (χ4v) is 2.34. The van der Waals surface area contributed by atoms with Gasteiger partial charge < -0.3 is 44.5 Å². The van der Waals surface area contributed by atoms with Gasteiger partial charge in [0, 0.05) is 17.1 Å². The molecule has 0 spiro atoms. The van der Waals surface area contributed by atoms with Crippen molar-refractivity contribution in [3.05, 3.63) is 71.5 Å². The Kier molecular flexibility index (Phi) is 10.7. The molecular formula is C21H21FeN3O6-6. The van der Waals surface area contributed by atoms with Crippen LogP contribution in [0.15, 0.2) is 54.6 Å². The standard InChI is InChI=1S/C16H16N3O6.C5H5.Fe/c1-4-25-14(20)11(9-10-7-5-6-8-10)19-13(16(22)24-3)12(17-18-19)15(21)23-2;1-2-4-5-3-1;/h5-9H,4H2,1-3H3;1-5H;/q-1;-5;. The third-order valence-corrected chi connectivity index (χ3v) is 3.69. The van der Waals surface area contributed by atoms with Crippen LogP contribution in [0, 0.1) is 0 Å². The molecule has 0 fully saturated rings. The monoisotopic (exact) mass is 467 g/mol. The molecule has 0 amide bonds. The second-order valence-electron chi connectivity index (χ2n) is 5.61. The molecule has 0 aliphatic rings. The largest absolute Gasteiger partial charge is 0.748 e. The number of aromatic nitrogens is 3. The van der Waals surface area contributed by atoms with E-state index in [1.54, 1.807) is 31.2 Å². The zero-order valence-electron chi connectivity index (χ0n) is 17.1. The molecule has 3 aromatic rings. The van der Waals surface area contributed by atoms with Crippen LogP contribution < -0.4 is 0 Å². The number of hydrogen-bond acceptors (Lipinski definition) is 8. The first-order valence-corrected chi connectivity index (χ1v) is 8.93. The maximum Gasteiger partial charge on any atom is 0.361 e. The van der Waals surface area contributed by atoms with E-state index in [4.69, 9.17) is 4.74 Å². The predicted octanol–water partition coefficient (Wildman–Crippen LogP) is 2.53. The molecule has 0 aliphatic heterocycles. The van der Waals surface area contributed by atoms with Crippen molar-refractivity contribution < 1.29 is 45.7 Å². The summed E-state index contributed by atoms with van der Waals surface area (Å²) >= 11 is 0. The zero-order chi connectivity index (χ0) is 21.9. The normalized spacial score (nSPS) is 10.2. The van der Waals surface area contributed by atoms with E-state index in [0.717, 1.165) is 18.9 Å². The molecular weight excluding hydrogens is 446 g/mol. The summed E-state index contributed by atoms with van der Waals surface area (Å²) in [5.41, 5.74) is -0.127. The Balaban J connectivity index is 0.000000701. The van der Waals surface area contributed by atoms with Gasteiger partial charge in [0.1, 0.15) is 0 Å². The van der Waals surface area contributed by atoms with E-state index in [2.05, 4.69) is 19.8 Å². The molecule has 9 nitrogen and oxygen atoms in total. The van der Waals surface area contributed by atoms with Gasteiger partial charge in [0.25, 0.3) is 0 Å². The molecule has 2 aromatic carbocycles. The summed E-state index contributed by atoms with van der Waals surface area (Å²) in [5.74, 6) is -2.53. The Morgan fingerprint density at radius 3 is 2.06 bits per heavy atom. The molecule has 0 aliphatic carbocycles. The number of ether oxygens (including phenoxy) is 3. The van der Waals surface area contributed by atoms with E-state index in [1.165, 1.54) is 6.08 Å². The molecule has 3 rings (SSSR count). The SMILES string of the molecule is CCOC(=O)C(=C[c-]1cccc1)n1nnc(C(=O)OC)c1C(=O)OC.[Fe].[cH-]1[cH-][cH-][cH-][cH-]1. The summed E-state index contributed by atoms with van der Waals surface area (Å²) < 4.78 is 15.2. The van der Waals surface area contributed by atoms with E-state index in [-0.39, 0.29) is 40.8 Å². The van der Waals surface area contributed by atoms with E-state index in [1.807, 2.05) is 30.3 Å². The molecule has 0 bridgehead atoms. The fourth-order valence-electron chi connectivity index (χ4n) is 2.34. The first-order valence-electron chi connectivity index (χ1n) is 8.93. The Morgan fingerprint density at radius 1 is 1.03 bits per heavy atom. The molecule has 0 saturated heterocycles. The molecule has 1 aromatic heterocycles. The van der Waals surface area contributed by atoms with Crippen molar-refractivity contribution in [1.29, 1.82) is 0 Å². The van der Waals surface area contributed by atoms with Gasteiger partial charge in [-0.2, -0.15) is 12.1 Å². The third kappa shape index (κ3) is 6.77. The van der Waals surface area contributed by atoms with Crippen molar-refractivity contribution >= 4 is 29.7 Å². The molecule has 0 unspecified atom stereocenters. The maximum atomic E-state index is 12.3. The van der Waals surface area contributed by atoms with Crippen LogP contribution in [0.5, 0.6) is 0 Å². The van der Waals surface area contributed by atoms with Crippen LogP contribution in [0.4, 0.5) is 0 Å². The quantitative estimate of drug-likeness (QED) is 0.179. The second kappa shape index (κ2) is 12.9. The van der Waals surface area contributed by atoms with Gasteiger partial charge in [-0.3, -0.25) is 4.79 Å². The molecule has 0 radical (unpaired) electrons.